The van der Waals surface area contributed by atoms with Crippen LogP contribution < -0.4 is 10.2 Å². The van der Waals surface area contributed by atoms with E-state index < -0.39 is 9.84 Å². The van der Waals surface area contributed by atoms with Gasteiger partial charge in [0.15, 0.2) is 15.8 Å². The fourth-order valence-electron chi connectivity index (χ4n) is 3.11. The Labute approximate surface area is 189 Å². The topological polar surface area (TPSA) is 90.8 Å². The summed E-state index contributed by atoms with van der Waals surface area (Å²) in [5.74, 6) is 1.65. The van der Waals surface area contributed by atoms with E-state index in [-0.39, 0.29) is 29.7 Å². The second-order valence-corrected chi connectivity index (χ2v) is 8.59. The molecule has 0 amide bonds. The molecule has 1 aromatic heterocycles. The first-order chi connectivity index (χ1) is 13.6. The third-order valence-corrected chi connectivity index (χ3v) is 6.42. The van der Waals surface area contributed by atoms with Crippen LogP contribution in [0, 0.1) is 0 Å². The summed E-state index contributed by atoms with van der Waals surface area (Å²) < 4.78 is 24.7. The number of hydrogen-bond donors (Lipinski definition) is 1. The van der Waals surface area contributed by atoms with Gasteiger partial charge < -0.3 is 15.1 Å². The van der Waals surface area contributed by atoms with Gasteiger partial charge in [0.05, 0.1) is 10.6 Å². The fraction of sp³-hybridized carbons (Fsp3) is 0.421. The monoisotopic (exact) mass is 530 g/mol. The molecule has 1 N–H and O–H groups in total. The first kappa shape index (κ1) is 23.3. The molecular weight excluding hydrogens is 503 g/mol. The zero-order valence-corrected chi connectivity index (χ0v) is 19.6. The Hall–Kier alpha value is -1.95. The molecule has 1 aliphatic heterocycles. The van der Waals surface area contributed by atoms with Crippen molar-refractivity contribution in [2.24, 2.45) is 4.99 Å². The Morgan fingerprint density at radius 2 is 1.72 bits per heavy atom. The summed E-state index contributed by atoms with van der Waals surface area (Å²) in [7, 11) is -1.50. The fourth-order valence-corrected chi connectivity index (χ4v) is 4.45. The minimum atomic E-state index is -3.24. The molecule has 0 atom stereocenters. The second kappa shape index (κ2) is 11.3. The number of aliphatic imine (C=N–C) groups is 1. The van der Waals surface area contributed by atoms with Gasteiger partial charge in [-0.3, -0.25) is 4.99 Å². The van der Waals surface area contributed by atoms with Crippen molar-refractivity contribution in [1.29, 1.82) is 0 Å². The number of sulfone groups is 1. The highest BCUT2D eigenvalue weighted by Gasteiger charge is 2.21. The van der Waals surface area contributed by atoms with Crippen LogP contribution in [0.1, 0.15) is 6.42 Å². The highest BCUT2D eigenvalue weighted by atomic mass is 127. The third kappa shape index (κ3) is 6.53. The van der Waals surface area contributed by atoms with Crippen LogP contribution in [0.2, 0.25) is 0 Å². The molecule has 8 nitrogen and oxygen atoms in total. The number of nitrogens with one attached hydrogen (secondary N) is 1. The van der Waals surface area contributed by atoms with Gasteiger partial charge in [0.2, 0.25) is 5.95 Å². The van der Waals surface area contributed by atoms with Gasteiger partial charge in [-0.25, -0.2) is 18.4 Å². The minimum absolute atomic E-state index is 0. The van der Waals surface area contributed by atoms with E-state index in [4.69, 9.17) is 0 Å². The summed E-state index contributed by atoms with van der Waals surface area (Å²) in [6.07, 6.45) is 4.02. The summed E-state index contributed by atoms with van der Waals surface area (Å²) in [5, 5.41) is 3.28. The van der Waals surface area contributed by atoms with Gasteiger partial charge in [-0.05, 0) is 24.6 Å². The maximum atomic E-state index is 12.3. The lowest BCUT2D eigenvalue weighted by Gasteiger charge is -2.36. The number of rotatable bonds is 6. The van der Waals surface area contributed by atoms with E-state index in [0.717, 1.165) is 38.1 Å². The lowest BCUT2D eigenvalue weighted by atomic mass is 10.3. The number of anilines is 1. The quantitative estimate of drug-likeness (QED) is 0.263. The van der Waals surface area contributed by atoms with Crippen molar-refractivity contribution in [3.8, 4) is 0 Å². The zero-order chi connectivity index (χ0) is 19.8. The Morgan fingerprint density at radius 3 is 2.34 bits per heavy atom. The molecule has 1 saturated heterocycles. The van der Waals surface area contributed by atoms with E-state index in [1.165, 1.54) is 0 Å². The van der Waals surface area contributed by atoms with Crippen LogP contribution in [-0.2, 0) is 9.84 Å². The van der Waals surface area contributed by atoms with Crippen molar-refractivity contribution in [3.63, 3.8) is 0 Å². The van der Waals surface area contributed by atoms with Crippen molar-refractivity contribution in [1.82, 2.24) is 20.2 Å². The molecule has 10 heteroatoms. The summed E-state index contributed by atoms with van der Waals surface area (Å²) in [6.45, 7) is 3.79. The number of nitrogens with zero attached hydrogens (tertiary/aromatic N) is 5. The first-order valence-corrected chi connectivity index (χ1v) is 11.0. The molecule has 0 saturated carbocycles. The van der Waals surface area contributed by atoms with Gasteiger partial charge in [0, 0.05) is 52.2 Å². The van der Waals surface area contributed by atoms with E-state index in [1.54, 1.807) is 43.7 Å². The Kier molecular flexibility index (Phi) is 9.08. The molecule has 1 fully saturated rings. The lowest BCUT2D eigenvalue weighted by Crippen LogP contribution is -2.53. The molecule has 2 heterocycles. The van der Waals surface area contributed by atoms with Crippen LogP contribution in [0.5, 0.6) is 0 Å². The van der Waals surface area contributed by atoms with Crippen LogP contribution >= 0.6 is 24.0 Å². The Balaban J connectivity index is 0.00000300. The minimum Gasteiger partial charge on any atom is -0.356 e. The number of benzene rings is 1. The molecule has 29 heavy (non-hydrogen) atoms. The Morgan fingerprint density at radius 1 is 1.07 bits per heavy atom. The van der Waals surface area contributed by atoms with Crippen LogP contribution in [0.25, 0.3) is 0 Å². The molecule has 0 radical (unpaired) electrons. The summed E-state index contributed by atoms with van der Waals surface area (Å²) in [4.78, 5) is 17.6. The standard InChI is InChI=1S/C19H26N6O2S.HI/c1-20-18(21-11-6-16-28(26,27)17-7-3-2-4-8-17)24-12-14-25(15-13-24)19-22-9-5-10-23-19;/h2-5,7-10H,6,11-16H2,1H3,(H,20,21);1H. The number of hydrogen-bond acceptors (Lipinski definition) is 6. The van der Waals surface area contributed by atoms with Gasteiger partial charge in [0.25, 0.3) is 0 Å². The maximum absolute atomic E-state index is 12.3. The van der Waals surface area contributed by atoms with Crippen molar-refractivity contribution in [2.75, 3.05) is 50.4 Å². The molecule has 3 rings (SSSR count). The predicted octanol–water partition coefficient (Wildman–Crippen LogP) is 1.66. The third-order valence-electron chi connectivity index (χ3n) is 4.60. The molecule has 0 bridgehead atoms. The van der Waals surface area contributed by atoms with E-state index in [9.17, 15) is 8.42 Å². The molecule has 0 aliphatic carbocycles. The smallest absolute Gasteiger partial charge is 0.225 e. The van der Waals surface area contributed by atoms with Crippen molar-refractivity contribution in [3.05, 3.63) is 48.8 Å². The molecule has 1 aromatic carbocycles. The van der Waals surface area contributed by atoms with E-state index in [2.05, 4.69) is 30.1 Å². The highest BCUT2D eigenvalue weighted by molar-refractivity contribution is 14.0. The van der Waals surface area contributed by atoms with Crippen molar-refractivity contribution in [2.45, 2.75) is 11.3 Å². The molecule has 0 spiro atoms. The molecular formula is C19H27IN6O2S. The van der Waals surface area contributed by atoms with Crippen LogP contribution in [-0.4, -0.2) is 74.8 Å². The summed E-state index contributed by atoms with van der Waals surface area (Å²) >= 11 is 0. The maximum Gasteiger partial charge on any atom is 0.225 e. The molecule has 158 valence electrons. The van der Waals surface area contributed by atoms with Crippen molar-refractivity contribution >= 4 is 45.7 Å². The number of halogens is 1. The predicted molar refractivity (Wildman–Crippen MR) is 126 cm³/mol. The van der Waals surface area contributed by atoms with Gasteiger partial charge >= 0.3 is 0 Å². The van der Waals surface area contributed by atoms with E-state index in [1.807, 2.05) is 12.1 Å². The van der Waals surface area contributed by atoms with Crippen LogP contribution in [0.4, 0.5) is 5.95 Å². The van der Waals surface area contributed by atoms with Crippen LogP contribution in [0.3, 0.4) is 0 Å². The average molecular weight is 530 g/mol. The van der Waals surface area contributed by atoms with Crippen molar-refractivity contribution < 1.29 is 8.42 Å². The van der Waals surface area contributed by atoms with Gasteiger partial charge in [-0.2, -0.15) is 0 Å². The molecule has 1 aliphatic rings. The average Bonchev–Trinajstić information content (AvgIpc) is 2.75. The highest BCUT2D eigenvalue weighted by Crippen LogP contribution is 2.11. The number of aromatic nitrogens is 2. The molecule has 2 aromatic rings. The second-order valence-electron chi connectivity index (χ2n) is 6.48. The van der Waals surface area contributed by atoms with Gasteiger partial charge in [-0.15, -0.1) is 24.0 Å². The number of guanidine groups is 1. The van der Waals surface area contributed by atoms with Crippen LogP contribution in [0.15, 0.2) is 58.7 Å². The van der Waals surface area contributed by atoms with Gasteiger partial charge in [0.1, 0.15) is 0 Å². The van der Waals surface area contributed by atoms with E-state index in [0.29, 0.717) is 17.9 Å². The SMILES string of the molecule is CN=C(NCCCS(=O)(=O)c1ccccc1)N1CCN(c2ncccn2)CC1.I. The summed E-state index contributed by atoms with van der Waals surface area (Å²) in [5.41, 5.74) is 0. The van der Waals surface area contributed by atoms with Gasteiger partial charge in [-0.1, -0.05) is 18.2 Å². The normalized spacial score (nSPS) is 15.0. The first-order valence-electron chi connectivity index (χ1n) is 9.35. The molecule has 0 unspecified atom stereocenters. The number of piperazine rings is 1. The van der Waals surface area contributed by atoms with E-state index >= 15 is 0 Å². The summed E-state index contributed by atoms with van der Waals surface area (Å²) in [6, 6.07) is 10.4. The lowest BCUT2D eigenvalue weighted by molar-refractivity contribution is 0.370. The largest absolute Gasteiger partial charge is 0.356 e. The Bertz CT molecular complexity index is 872. The zero-order valence-electron chi connectivity index (χ0n) is 16.4.